The van der Waals surface area contributed by atoms with Crippen LogP contribution in [0.5, 0.6) is 0 Å². The predicted molar refractivity (Wildman–Crippen MR) is 160 cm³/mol. The van der Waals surface area contributed by atoms with Crippen molar-refractivity contribution < 1.29 is 27.6 Å². The van der Waals surface area contributed by atoms with Crippen LogP contribution < -0.4 is 16.4 Å². The molecule has 4 heterocycles. The van der Waals surface area contributed by atoms with Crippen molar-refractivity contribution in [2.45, 2.75) is 43.8 Å². The number of nitrogens with one attached hydrogen (secondary N) is 2. The van der Waals surface area contributed by atoms with Gasteiger partial charge in [0.15, 0.2) is 0 Å². The normalized spacial score (nSPS) is 19.5. The number of hydrogen-bond acceptors (Lipinski definition) is 7. The van der Waals surface area contributed by atoms with E-state index in [9.17, 15) is 27.6 Å². The van der Waals surface area contributed by atoms with E-state index >= 15 is 0 Å². The number of halogens is 3. The summed E-state index contributed by atoms with van der Waals surface area (Å²) in [4.78, 5) is 51.7. The minimum atomic E-state index is -4.57. The molecule has 1 aliphatic carbocycles. The second-order valence-corrected chi connectivity index (χ2v) is 11.1. The van der Waals surface area contributed by atoms with Crippen LogP contribution in [0, 0.1) is 0 Å². The first-order chi connectivity index (χ1) is 21.6. The molecule has 1 fully saturated rings. The van der Waals surface area contributed by atoms with Gasteiger partial charge in [-0.2, -0.15) is 13.2 Å². The van der Waals surface area contributed by atoms with E-state index in [0.29, 0.717) is 42.6 Å². The number of aromatic nitrogens is 4. The number of nitrogen functional groups attached to an aromatic ring is 1. The molecule has 2 bridgehead atoms. The zero-order chi connectivity index (χ0) is 31.7. The zero-order valence-electron chi connectivity index (χ0n) is 23.9. The van der Waals surface area contributed by atoms with Crippen LogP contribution in [0.4, 0.5) is 24.8 Å². The Kier molecular flexibility index (Phi) is 7.96. The summed E-state index contributed by atoms with van der Waals surface area (Å²) in [7, 11) is 0. The van der Waals surface area contributed by atoms with E-state index in [-0.39, 0.29) is 41.6 Å². The number of anilines is 2. The quantitative estimate of drug-likeness (QED) is 0.290. The lowest BCUT2D eigenvalue weighted by Crippen LogP contribution is -2.41. The van der Waals surface area contributed by atoms with E-state index in [2.05, 4.69) is 20.6 Å². The summed E-state index contributed by atoms with van der Waals surface area (Å²) < 4.78 is 41.2. The molecule has 11 nitrogen and oxygen atoms in total. The number of hydrogen-bond donors (Lipinski definition) is 3. The fourth-order valence-electron chi connectivity index (χ4n) is 5.84. The van der Waals surface area contributed by atoms with Crippen molar-refractivity contribution in [1.82, 2.24) is 29.6 Å². The summed E-state index contributed by atoms with van der Waals surface area (Å²) in [6, 6.07) is 8.01. The second kappa shape index (κ2) is 12.0. The number of imidazole rings is 1. The van der Waals surface area contributed by atoms with E-state index in [0.717, 1.165) is 42.7 Å². The predicted octanol–water partition coefficient (Wildman–Crippen LogP) is 4.27. The summed E-state index contributed by atoms with van der Waals surface area (Å²) in [6.45, 7) is 0.369. The molecule has 0 spiro atoms. The molecule has 2 aliphatic rings. The summed E-state index contributed by atoms with van der Waals surface area (Å²) >= 11 is 0. The first kappa shape index (κ1) is 29.8. The largest absolute Gasteiger partial charge is 0.416 e. The summed E-state index contributed by atoms with van der Waals surface area (Å²) in [5.41, 5.74) is 8.27. The van der Waals surface area contributed by atoms with Gasteiger partial charge in [0.2, 0.25) is 12.3 Å². The van der Waals surface area contributed by atoms with Crippen LogP contribution in [0.2, 0.25) is 0 Å². The van der Waals surface area contributed by atoms with Crippen LogP contribution >= 0.6 is 0 Å². The molecule has 3 amide bonds. The van der Waals surface area contributed by atoms with E-state index < -0.39 is 17.6 Å². The molecule has 0 saturated heterocycles. The SMILES string of the molecule is Nc1ncc2n3c(nc(-c4ccc(C(=O)Nc5cc(C(F)(F)F)ccn5)cc4)c13)[C@@H]1CCC(C1)NC(=O)CN(C=O)CC/C=C/2. The molecule has 1 aliphatic heterocycles. The molecular weight excluding hydrogens is 589 g/mol. The monoisotopic (exact) mass is 618 g/mol. The Hall–Kier alpha value is -5.27. The lowest BCUT2D eigenvalue weighted by molar-refractivity contribution is -0.137. The third kappa shape index (κ3) is 6.21. The van der Waals surface area contributed by atoms with E-state index in [1.54, 1.807) is 30.5 Å². The lowest BCUT2D eigenvalue weighted by Gasteiger charge is -2.19. The molecule has 232 valence electrons. The van der Waals surface area contributed by atoms with E-state index in [1.165, 1.54) is 4.90 Å². The van der Waals surface area contributed by atoms with Gasteiger partial charge in [0.25, 0.3) is 5.91 Å². The Morgan fingerprint density at radius 3 is 2.69 bits per heavy atom. The summed E-state index contributed by atoms with van der Waals surface area (Å²) in [6.07, 6.45) is 5.25. The van der Waals surface area contributed by atoms with Crippen LogP contribution in [-0.2, 0) is 15.8 Å². The molecule has 6 rings (SSSR count). The molecule has 2 atom stereocenters. The van der Waals surface area contributed by atoms with E-state index in [1.807, 2.05) is 16.6 Å². The number of carbonyl (C=O) groups is 3. The van der Waals surface area contributed by atoms with Gasteiger partial charge in [-0.3, -0.25) is 18.8 Å². The minimum absolute atomic E-state index is 0.000581. The highest BCUT2D eigenvalue weighted by atomic mass is 19.4. The van der Waals surface area contributed by atoms with Crippen LogP contribution in [0.1, 0.15) is 59.0 Å². The molecular formula is C31H29F3N8O3. The third-order valence-corrected chi connectivity index (χ3v) is 8.02. The van der Waals surface area contributed by atoms with Gasteiger partial charge >= 0.3 is 6.18 Å². The molecule has 1 aromatic carbocycles. The van der Waals surface area contributed by atoms with Gasteiger partial charge in [-0.25, -0.2) is 15.0 Å². The average molecular weight is 619 g/mol. The fourth-order valence-corrected chi connectivity index (χ4v) is 5.84. The van der Waals surface area contributed by atoms with Gasteiger partial charge in [-0.15, -0.1) is 0 Å². The van der Waals surface area contributed by atoms with Crippen molar-refractivity contribution >= 4 is 41.5 Å². The fraction of sp³-hybridized carbons (Fsp3) is 0.290. The van der Waals surface area contributed by atoms with Crippen LogP contribution in [0.3, 0.4) is 0 Å². The number of nitrogens with zero attached hydrogens (tertiary/aromatic N) is 5. The maximum absolute atomic E-state index is 13.1. The van der Waals surface area contributed by atoms with Crippen molar-refractivity contribution in [2.75, 3.05) is 24.1 Å². The van der Waals surface area contributed by atoms with Gasteiger partial charge in [-0.1, -0.05) is 18.2 Å². The van der Waals surface area contributed by atoms with Crippen molar-refractivity contribution in [3.05, 3.63) is 77.5 Å². The number of pyridine rings is 1. The summed E-state index contributed by atoms with van der Waals surface area (Å²) in [5.74, 6) is -0.0144. The maximum atomic E-state index is 13.1. The third-order valence-electron chi connectivity index (χ3n) is 8.02. The van der Waals surface area contributed by atoms with Gasteiger partial charge in [-0.05, 0) is 56.0 Å². The highest BCUT2D eigenvalue weighted by Gasteiger charge is 2.33. The Bertz CT molecular complexity index is 1800. The number of carbonyl (C=O) groups excluding carboxylic acids is 3. The molecule has 14 heteroatoms. The Morgan fingerprint density at radius 2 is 1.93 bits per heavy atom. The van der Waals surface area contributed by atoms with Gasteiger partial charge < -0.3 is 21.3 Å². The molecule has 3 aromatic heterocycles. The highest BCUT2D eigenvalue weighted by molar-refractivity contribution is 6.04. The molecule has 0 radical (unpaired) electrons. The molecule has 45 heavy (non-hydrogen) atoms. The lowest BCUT2D eigenvalue weighted by atomic mass is 10.1. The topological polar surface area (TPSA) is 148 Å². The number of alkyl halides is 3. The standard InChI is InChI=1S/C31H29F3N8O3/c32-31(33,34)21-10-11-36-24(14-21)39-30(45)19-6-4-18(5-7-19)26-27-28(35)37-15-23-3-1-2-12-41(17-43)16-25(44)38-22-9-8-20(13-22)29(40-26)42(23)27/h1,3-7,10-11,14-15,17,20,22H,2,8-9,12-13,16H2,(H2,35,37)(H,38,44)(H,36,39,45)/b3-1+/t20-,22?/m1/s1. The number of amides is 3. The number of fused-ring (bicyclic) bond motifs is 3. The van der Waals surface area contributed by atoms with Crippen molar-refractivity contribution in [2.24, 2.45) is 0 Å². The maximum Gasteiger partial charge on any atom is 0.416 e. The Labute approximate surface area is 255 Å². The van der Waals surface area contributed by atoms with Gasteiger partial charge in [0.1, 0.15) is 28.7 Å². The molecule has 1 unspecified atom stereocenters. The first-order valence-electron chi connectivity index (χ1n) is 14.4. The second-order valence-electron chi connectivity index (χ2n) is 11.1. The van der Waals surface area contributed by atoms with Gasteiger partial charge in [0, 0.05) is 35.8 Å². The Balaban J connectivity index is 1.34. The number of benzene rings is 1. The average Bonchev–Trinajstić information content (AvgIpc) is 3.64. The van der Waals surface area contributed by atoms with Crippen molar-refractivity contribution in [1.29, 1.82) is 0 Å². The molecule has 4 N–H and O–H groups in total. The molecule has 4 aromatic rings. The van der Waals surface area contributed by atoms with Crippen molar-refractivity contribution in [3.63, 3.8) is 0 Å². The van der Waals surface area contributed by atoms with Crippen LogP contribution in [-0.4, -0.2) is 61.6 Å². The van der Waals surface area contributed by atoms with E-state index in [4.69, 9.17) is 10.7 Å². The zero-order valence-corrected chi connectivity index (χ0v) is 23.9. The Morgan fingerprint density at radius 1 is 1.13 bits per heavy atom. The first-order valence-corrected chi connectivity index (χ1v) is 14.4. The molecule has 1 saturated carbocycles. The highest BCUT2D eigenvalue weighted by Crippen LogP contribution is 2.39. The van der Waals surface area contributed by atoms with Crippen LogP contribution in [0.15, 0.2) is 54.9 Å². The van der Waals surface area contributed by atoms with Gasteiger partial charge in [0.05, 0.1) is 24.0 Å². The minimum Gasteiger partial charge on any atom is -0.382 e. The van der Waals surface area contributed by atoms with Crippen LogP contribution in [0.25, 0.3) is 22.9 Å². The number of nitrogens with two attached hydrogens (primary N) is 1. The number of rotatable bonds is 4. The van der Waals surface area contributed by atoms with Crippen molar-refractivity contribution in [3.8, 4) is 11.3 Å². The summed E-state index contributed by atoms with van der Waals surface area (Å²) in [5, 5.41) is 5.46. The smallest absolute Gasteiger partial charge is 0.382 e.